The summed E-state index contributed by atoms with van der Waals surface area (Å²) in [6.07, 6.45) is 3.21. The summed E-state index contributed by atoms with van der Waals surface area (Å²) in [5.74, 6) is 0.579. The second kappa shape index (κ2) is 5.71. The Kier molecular flexibility index (Phi) is 4.26. The van der Waals surface area contributed by atoms with Crippen LogP contribution in [0.25, 0.3) is 0 Å². The first-order valence-electron chi connectivity index (χ1n) is 5.94. The molecule has 0 spiro atoms. The van der Waals surface area contributed by atoms with E-state index in [9.17, 15) is 5.11 Å². The van der Waals surface area contributed by atoms with Crippen molar-refractivity contribution in [2.45, 2.75) is 44.5 Å². The highest BCUT2D eigenvalue weighted by Gasteiger charge is 2.25. The summed E-state index contributed by atoms with van der Waals surface area (Å²) in [5, 5.41) is 19.3. The Morgan fingerprint density at radius 2 is 2.06 bits per heavy atom. The van der Waals surface area contributed by atoms with E-state index in [0.29, 0.717) is 10.8 Å². The third-order valence-electron chi connectivity index (χ3n) is 3.12. The van der Waals surface area contributed by atoms with E-state index < -0.39 is 6.10 Å². The lowest BCUT2D eigenvalue weighted by molar-refractivity contribution is 0.00691. The van der Waals surface area contributed by atoms with E-state index in [2.05, 4.69) is 0 Å². The van der Waals surface area contributed by atoms with Crippen LogP contribution in [0, 0.1) is 0 Å². The molecule has 1 fully saturated rings. The Labute approximate surface area is 106 Å². The Morgan fingerprint density at radius 3 is 2.71 bits per heavy atom. The van der Waals surface area contributed by atoms with Crippen molar-refractivity contribution in [2.75, 3.05) is 0 Å². The first-order valence-corrected chi connectivity index (χ1v) is 6.32. The standard InChI is InChI=1S/C13H17ClO3/c14-10-7-9(8-15)5-6-12(10)17-13-4-2-1-3-11(13)16/h5-7,11,13,15-16H,1-4,8H2. The van der Waals surface area contributed by atoms with Gasteiger partial charge in [0.15, 0.2) is 0 Å². The molecule has 2 N–H and O–H groups in total. The highest BCUT2D eigenvalue weighted by atomic mass is 35.5. The molecule has 17 heavy (non-hydrogen) atoms. The van der Waals surface area contributed by atoms with Crippen LogP contribution in [0.4, 0.5) is 0 Å². The zero-order valence-electron chi connectivity index (χ0n) is 9.60. The van der Waals surface area contributed by atoms with Crippen LogP contribution in [0.15, 0.2) is 18.2 Å². The van der Waals surface area contributed by atoms with E-state index >= 15 is 0 Å². The molecule has 94 valence electrons. The average Bonchev–Trinajstić information content (AvgIpc) is 2.34. The topological polar surface area (TPSA) is 49.7 Å². The van der Waals surface area contributed by atoms with Gasteiger partial charge in [0.05, 0.1) is 17.7 Å². The number of halogens is 1. The van der Waals surface area contributed by atoms with Crippen molar-refractivity contribution in [1.82, 2.24) is 0 Å². The third kappa shape index (κ3) is 3.12. The summed E-state index contributed by atoms with van der Waals surface area (Å²) in [6.45, 7) is -0.0357. The molecule has 4 heteroatoms. The van der Waals surface area contributed by atoms with Gasteiger partial charge in [0.2, 0.25) is 0 Å². The highest BCUT2D eigenvalue weighted by Crippen LogP contribution is 2.30. The second-order valence-corrected chi connectivity index (χ2v) is 4.84. The maximum absolute atomic E-state index is 9.81. The van der Waals surface area contributed by atoms with Gasteiger partial charge in [0, 0.05) is 0 Å². The zero-order chi connectivity index (χ0) is 12.3. The normalized spacial score (nSPS) is 24.6. The van der Waals surface area contributed by atoms with Crippen molar-refractivity contribution < 1.29 is 14.9 Å². The van der Waals surface area contributed by atoms with Crippen molar-refractivity contribution in [3.8, 4) is 5.75 Å². The predicted octanol–water partition coefficient (Wildman–Crippen LogP) is 2.51. The van der Waals surface area contributed by atoms with Crippen molar-refractivity contribution in [2.24, 2.45) is 0 Å². The lowest BCUT2D eigenvalue weighted by Gasteiger charge is -2.28. The van der Waals surface area contributed by atoms with Crippen LogP contribution in [-0.4, -0.2) is 22.4 Å². The summed E-state index contributed by atoms with van der Waals surface area (Å²) in [7, 11) is 0. The van der Waals surface area contributed by atoms with Gasteiger partial charge in [-0.05, 0) is 37.0 Å². The molecule has 0 amide bonds. The number of hydrogen-bond donors (Lipinski definition) is 2. The molecule has 1 saturated carbocycles. The van der Waals surface area contributed by atoms with Gasteiger partial charge in [-0.2, -0.15) is 0 Å². The van der Waals surface area contributed by atoms with Crippen molar-refractivity contribution in [3.05, 3.63) is 28.8 Å². The van der Waals surface area contributed by atoms with Crippen LogP contribution in [0.1, 0.15) is 31.2 Å². The number of aliphatic hydroxyl groups excluding tert-OH is 2. The van der Waals surface area contributed by atoms with E-state index in [1.807, 2.05) is 0 Å². The van der Waals surface area contributed by atoms with Crippen LogP contribution in [0.5, 0.6) is 5.75 Å². The van der Waals surface area contributed by atoms with E-state index in [4.69, 9.17) is 21.4 Å². The van der Waals surface area contributed by atoms with Crippen molar-refractivity contribution >= 4 is 11.6 Å². The van der Waals surface area contributed by atoms with Gasteiger partial charge in [-0.25, -0.2) is 0 Å². The van der Waals surface area contributed by atoms with Gasteiger partial charge in [-0.1, -0.05) is 24.1 Å². The minimum Gasteiger partial charge on any atom is -0.486 e. The molecular weight excluding hydrogens is 240 g/mol. The molecule has 0 bridgehead atoms. The van der Waals surface area contributed by atoms with Gasteiger partial charge >= 0.3 is 0 Å². The molecule has 2 unspecified atom stereocenters. The fraction of sp³-hybridized carbons (Fsp3) is 0.538. The van der Waals surface area contributed by atoms with Gasteiger partial charge in [-0.15, -0.1) is 0 Å². The van der Waals surface area contributed by atoms with E-state index in [1.165, 1.54) is 0 Å². The van der Waals surface area contributed by atoms with Gasteiger partial charge in [0.25, 0.3) is 0 Å². The van der Waals surface area contributed by atoms with Gasteiger partial charge < -0.3 is 14.9 Å². The minimum absolute atomic E-state index is 0.0357. The lowest BCUT2D eigenvalue weighted by Crippen LogP contribution is -2.34. The summed E-state index contributed by atoms with van der Waals surface area (Å²) >= 11 is 6.06. The number of ether oxygens (including phenoxy) is 1. The minimum atomic E-state index is -0.405. The first kappa shape index (κ1) is 12.7. The molecule has 2 rings (SSSR count). The quantitative estimate of drug-likeness (QED) is 0.874. The zero-order valence-corrected chi connectivity index (χ0v) is 10.4. The van der Waals surface area contributed by atoms with Gasteiger partial charge in [0.1, 0.15) is 11.9 Å². The molecule has 2 atom stereocenters. The number of benzene rings is 1. The Balaban J connectivity index is 2.07. The molecular formula is C13H17ClO3. The van der Waals surface area contributed by atoms with Crippen molar-refractivity contribution in [1.29, 1.82) is 0 Å². The predicted molar refractivity (Wildman–Crippen MR) is 66.3 cm³/mol. The number of hydrogen-bond acceptors (Lipinski definition) is 3. The largest absolute Gasteiger partial charge is 0.486 e. The van der Waals surface area contributed by atoms with Crippen LogP contribution in [0.2, 0.25) is 5.02 Å². The number of aliphatic hydroxyl groups is 2. The fourth-order valence-corrected chi connectivity index (χ4v) is 2.36. The molecule has 0 aliphatic heterocycles. The summed E-state index contributed by atoms with van der Waals surface area (Å²) < 4.78 is 5.73. The molecule has 0 aromatic heterocycles. The van der Waals surface area contributed by atoms with Crippen LogP contribution in [0.3, 0.4) is 0 Å². The van der Waals surface area contributed by atoms with Crippen LogP contribution < -0.4 is 4.74 Å². The van der Waals surface area contributed by atoms with E-state index in [1.54, 1.807) is 18.2 Å². The summed E-state index contributed by atoms with van der Waals surface area (Å²) in [6, 6.07) is 5.21. The molecule has 1 aromatic rings. The Bertz CT molecular complexity index is 381. The van der Waals surface area contributed by atoms with Crippen molar-refractivity contribution in [3.63, 3.8) is 0 Å². The molecule has 1 aliphatic carbocycles. The smallest absolute Gasteiger partial charge is 0.138 e. The molecule has 3 nitrogen and oxygen atoms in total. The molecule has 0 radical (unpaired) electrons. The van der Waals surface area contributed by atoms with E-state index in [-0.39, 0.29) is 12.7 Å². The maximum Gasteiger partial charge on any atom is 0.138 e. The third-order valence-corrected chi connectivity index (χ3v) is 3.42. The Morgan fingerprint density at radius 1 is 1.29 bits per heavy atom. The van der Waals surface area contributed by atoms with Crippen LogP contribution in [-0.2, 0) is 6.61 Å². The van der Waals surface area contributed by atoms with E-state index in [0.717, 1.165) is 31.2 Å². The second-order valence-electron chi connectivity index (χ2n) is 4.43. The summed E-state index contributed by atoms with van der Waals surface area (Å²) in [5.41, 5.74) is 0.756. The highest BCUT2D eigenvalue weighted by molar-refractivity contribution is 6.32. The van der Waals surface area contributed by atoms with Gasteiger partial charge in [-0.3, -0.25) is 0 Å². The summed E-state index contributed by atoms with van der Waals surface area (Å²) in [4.78, 5) is 0. The first-order chi connectivity index (χ1) is 8.20. The molecule has 1 aromatic carbocycles. The van der Waals surface area contributed by atoms with Crippen LogP contribution >= 0.6 is 11.6 Å². The fourth-order valence-electron chi connectivity index (χ4n) is 2.12. The number of rotatable bonds is 3. The average molecular weight is 257 g/mol. The molecule has 0 heterocycles. The molecule has 0 saturated heterocycles. The Hall–Kier alpha value is -0.770. The molecule has 1 aliphatic rings. The maximum atomic E-state index is 9.81. The SMILES string of the molecule is OCc1ccc(OC2CCCCC2O)c(Cl)c1. The monoisotopic (exact) mass is 256 g/mol. The lowest BCUT2D eigenvalue weighted by atomic mass is 9.95.